The summed E-state index contributed by atoms with van der Waals surface area (Å²) in [7, 11) is 0. The lowest BCUT2D eigenvalue weighted by Crippen LogP contribution is -2.12. The monoisotopic (exact) mass is 393 g/mol. The van der Waals surface area contributed by atoms with Crippen molar-refractivity contribution in [2.45, 2.75) is 6.54 Å². The Morgan fingerprint density at radius 2 is 2.08 bits per heavy atom. The van der Waals surface area contributed by atoms with Gasteiger partial charge < -0.3 is 15.6 Å². The number of halogens is 3. The Balaban J connectivity index is 1.97. The molecule has 0 aliphatic heterocycles. The summed E-state index contributed by atoms with van der Waals surface area (Å²) in [6.45, 7) is 0.0447. The Hall–Kier alpha value is -2.41. The molecule has 0 aliphatic carbocycles. The van der Waals surface area contributed by atoms with E-state index in [-0.39, 0.29) is 34.6 Å². The van der Waals surface area contributed by atoms with Crippen LogP contribution in [0.25, 0.3) is 22.6 Å². The van der Waals surface area contributed by atoms with E-state index in [9.17, 15) is 9.18 Å². The average molecular weight is 394 g/mol. The van der Waals surface area contributed by atoms with Gasteiger partial charge in [0, 0.05) is 29.4 Å². The molecule has 0 radical (unpaired) electrons. The van der Waals surface area contributed by atoms with Crippen LogP contribution in [0, 0.1) is 5.82 Å². The Kier molecular flexibility index (Phi) is 5.56. The summed E-state index contributed by atoms with van der Waals surface area (Å²) in [5, 5.41) is 6.77. The second-order valence-corrected chi connectivity index (χ2v) is 6.11. The van der Waals surface area contributed by atoms with Crippen molar-refractivity contribution in [3.05, 3.63) is 58.9 Å². The summed E-state index contributed by atoms with van der Waals surface area (Å²) in [6.07, 6.45) is 0. The van der Waals surface area contributed by atoms with Gasteiger partial charge in [0.05, 0.1) is 10.6 Å². The number of hydrogen-bond acceptors (Lipinski definition) is 4. The van der Waals surface area contributed by atoms with Gasteiger partial charge >= 0.3 is 0 Å². The number of anilines is 1. The third-order valence-electron chi connectivity index (χ3n) is 3.71. The molecule has 0 aliphatic rings. The molecule has 1 amide bonds. The highest BCUT2D eigenvalue weighted by Crippen LogP contribution is 2.34. The van der Waals surface area contributed by atoms with Crippen molar-refractivity contribution in [1.29, 1.82) is 0 Å². The van der Waals surface area contributed by atoms with E-state index in [1.165, 1.54) is 6.07 Å². The molecule has 2 aromatic carbocycles. The largest absolute Gasteiger partial charge is 0.356 e. The van der Waals surface area contributed by atoms with Crippen LogP contribution >= 0.6 is 23.2 Å². The third kappa shape index (κ3) is 3.72. The summed E-state index contributed by atoms with van der Waals surface area (Å²) >= 11 is 11.6. The highest BCUT2D eigenvalue weighted by Gasteiger charge is 2.18. The van der Waals surface area contributed by atoms with Gasteiger partial charge in [-0.05, 0) is 18.2 Å². The number of carbonyl (C=O) groups excluding carboxylic acids is 1. The van der Waals surface area contributed by atoms with Crippen LogP contribution in [0.4, 0.5) is 10.1 Å². The van der Waals surface area contributed by atoms with Gasteiger partial charge in [-0.2, -0.15) is 0 Å². The predicted molar refractivity (Wildman–Crippen MR) is 99.6 cm³/mol. The zero-order valence-electron chi connectivity index (χ0n) is 13.4. The lowest BCUT2D eigenvalue weighted by atomic mass is 10.1. The Morgan fingerprint density at radius 1 is 1.27 bits per heavy atom. The van der Waals surface area contributed by atoms with E-state index in [1.807, 2.05) is 0 Å². The number of rotatable bonds is 5. The van der Waals surface area contributed by atoms with Crippen molar-refractivity contribution < 1.29 is 13.7 Å². The predicted octanol–water partition coefficient (Wildman–Crippen LogP) is 4.44. The average Bonchev–Trinajstić information content (AvgIpc) is 3.12. The lowest BCUT2D eigenvalue weighted by Gasteiger charge is -2.06. The Bertz CT molecular complexity index is 959. The first-order valence-electron chi connectivity index (χ1n) is 7.63. The molecule has 5 nitrogen and oxygen atoms in total. The SMILES string of the molecule is NCc1ccc(Cl)c(-c2cc(-c3cccc(NC(=O)CCl)c3)on2)c1F. The second-order valence-electron chi connectivity index (χ2n) is 5.44. The Labute approximate surface area is 158 Å². The zero-order chi connectivity index (χ0) is 18.7. The fraction of sp³-hybridized carbons (Fsp3) is 0.111. The summed E-state index contributed by atoms with van der Waals surface area (Å²) < 4.78 is 19.9. The number of alkyl halides is 1. The van der Waals surface area contributed by atoms with E-state index < -0.39 is 5.82 Å². The number of carbonyl (C=O) groups is 1. The van der Waals surface area contributed by atoms with Crippen LogP contribution in [-0.4, -0.2) is 16.9 Å². The van der Waals surface area contributed by atoms with Gasteiger partial charge in [0.15, 0.2) is 5.76 Å². The van der Waals surface area contributed by atoms with E-state index >= 15 is 0 Å². The topological polar surface area (TPSA) is 81.1 Å². The second kappa shape index (κ2) is 7.86. The van der Waals surface area contributed by atoms with Crippen LogP contribution in [-0.2, 0) is 11.3 Å². The molecular formula is C18H14Cl2FN3O2. The molecule has 3 rings (SSSR count). The summed E-state index contributed by atoms with van der Waals surface area (Å²) in [5.74, 6) is -0.598. The molecule has 134 valence electrons. The van der Waals surface area contributed by atoms with Crippen LogP contribution in [0.5, 0.6) is 0 Å². The molecule has 3 aromatic rings. The standard InChI is InChI=1S/C18H14Cl2FN3O2/c19-8-16(25)23-12-3-1-2-10(6-12)15-7-14(24-26-15)17-13(20)5-4-11(9-22)18(17)21/h1-7H,8-9,22H2,(H,23,25). The summed E-state index contributed by atoms with van der Waals surface area (Å²) in [4.78, 5) is 11.4. The smallest absolute Gasteiger partial charge is 0.239 e. The molecule has 8 heteroatoms. The molecular weight excluding hydrogens is 380 g/mol. The molecule has 0 fully saturated rings. The van der Waals surface area contributed by atoms with Crippen LogP contribution in [0.15, 0.2) is 47.0 Å². The van der Waals surface area contributed by atoms with Crippen molar-refractivity contribution in [2.75, 3.05) is 11.2 Å². The fourth-order valence-corrected chi connectivity index (χ4v) is 2.77. The van der Waals surface area contributed by atoms with Crippen LogP contribution in [0.3, 0.4) is 0 Å². The van der Waals surface area contributed by atoms with Crippen LogP contribution in [0.1, 0.15) is 5.56 Å². The number of nitrogens with zero attached hydrogens (tertiary/aromatic N) is 1. The van der Waals surface area contributed by atoms with Crippen molar-refractivity contribution in [1.82, 2.24) is 5.16 Å². The van der Waals surface area contributed by atoms with E-state index in [4.69, 9.17) is 33.5 Å². The van der Waals surface area contributed by atoms with Gasteiger partial charge in [-0.15, -0.1) is 11.6 Å². The molecule has 0 spiro atoms. The van der Waals surface area contributed by atoms with Gasteiger partial charge in [0.1, 0.15) is 17.4 Å². The molecule has 0 unspecified atom stereocenters. The van der Waals surface area contributed by atoms with E-state index in [0.717, 1.165) is 0 Å². The van der Waals surface area contributed by atoms with Crippen LogP contribution in [0.2, 0.25) is 5.02 Å². The maximum atomic E-state index is 14.6. The van der Waals surface area contributed by atoms with Crippen molar-refractivity contribution in [3.63, 3.8) is 0 Å². The maximum Gasteiger partial charge on any atom is 0.239 e. The highest BCUT2D eigenvalue weighted by molar-refractivity contribution is 6.33. The minimum absolute atomic E-state index is 0.0447. The highest BCUT2D eigenvalue weighted by atomic mass is 35.5. The number of hydrogen-bond donors (Lipinski definition) is 2. The molecule has 0 saturated heterocycles. The molecule has 26 heavy (non-hydrogen) atoms. The lowest BCUT2D eigenvalue weighted by molar-refractivity contribution is -0.113. The summed E-state index contributed by atoms with van der Waals surface area (Å²) in [6, 6.07) is 11.6. The first-order valence-corrected chi connectivity index (χ1v) is 8.55. The normalized spacial score (nSPS) is 10.8. The molecule has 0 bridgehead atoms. The third-order valence-corrected chi connectivity index (χ3v) is 4.27. The minimum Gasteiger partial charge on any atom is -0.356 e. The number of nitrogens with one attached hydrogen (secondary N) is 1. The molecule has 3 N–H and O–H groups in total. The van der Waals surface area contributed by atoms with Gasteiger partial charge in [0.25, 0.3) is 0 Å². The minimum atomic E-state index is -0.525. The number of aromatic nitrogens is 1. The van der Waals surface area contributed by atoms with Crippen molar-refractivity contribution in [3.8, 4) is 22.6 Å². The van der Waals surface area contributed by atoms with E-state index in [1.54, 1.807) is 36.4 Å². The summed E-state index contributed by atoms with van der Waals surface area (Å²) in [5.41, 5.74) is 7.48. The van der Waals surface area contributed by atoms with Gasteiger partial charge in [0.2, 0.25) is 5.91 Å². The molecule has 1 aromatic heterocycles. The van der Waals surface area contributed by atoms with Gasteiger partial charge in [-0.25, -0.2) is 4.39 Å². The van der Waals surface area contributed by atoms with Crippen molar-refractivity contribution in [2.24, 2.45) is 5.73 Å². The maximum absolute atomic E-state index is 14.6. The Morgan fingerprint density at radius 3 is 2.81 bits per heavy atom. The van der Waals surface area contributed by atoms with E-state index in [2.05, 4.69) is 10.5 Å². The van der Waals surface area contributed by atoms with Gasteiger partial charge in [-0.1, -0.05) is 35.0 Å². The first-order chi connectivity index (χ1) is 12.5. The zero-order valence-corrected chi connectivity index (χ0v) is 14.9. The number of benzene rings is 2. The van der Waals surface area contributed by atoms with E-state index in [0.29, 0.717) is 22.6 Å². The van der Waals surface area contributed by atoms with Gasteiger partial charge in [-0.3, -0.25) is 4.79 Å². The number of nitrogens with two attached hydrogens (primary N) is 1. The quantitative estimate of drug-likeness (QED) is 0.627. The number of amides is 1. The van der Waals surface area contributed by atoms with Crippen LogP contribution < -0.4 is 11.1 Å². The molecule has 0 saturated carbocycles. The molecule has 1 heterocycles. The van der Waals surface area contributed by atoms with Crippen molar-refractivity contribution >= 4 is 34.8 Å². The first kappa shape index (κ1) is 18.4. The molecule has 0 atom stereocenters. The fourth-order valence-electron chi connectivity index (χ4n) is 2.46.